The number of rotatable bonds is 8. The van der Waals surface area contributed by atoms with E-state index in [0.29, 0.717) is 49.7 Å². The van der Waals surface area contributed by atoms with E-state index in [2.05, 4.69) is 5.32 Å². The largest absolute Gasteiger partial charge is 0.494 e. The Morgan fingerprint density at radius 2 is 1.85 bits per heavy atom. The van der Waals surface area contributed by atoms with Gasteiger partial charge < -0.3 is 19.5 Å². The minimum Gasteiger partial charge on any atom is -0.494 e. The van der Waals surface area contributed by atoms with Crippen molar-refractivity contribution < 1.29 is 23.8 Å². The summed E-state index contributed by atoms with van der Waals surface area (Å²) in [6.45, 7) is 2.78. The summed E-state index contributed by atoms with van der Waals surface area (Å²) in [7, 11) is 0. The number of fused-ring (bicyclic) bond motifs is 1. The normalized spacial score (nSPS) is 15.1. The van der Waals surface area contributed by atoms with E-state index in [4.69, 9.17) is 14.2 Å². The van der Waals surface area contributed by atoms with Gasteiger partial charge in [0, 0.05) is 12.0 Å². The molecular weight excluding hydrogens is 346 g/mol. The molecule has 6 nitrogen and oxygen atoms in total. The number of nitrogens with one attached hydrogen (secondary N) is 1. The number of ether oxygens (including phenoxy) is 3. The summed E-state index contributed by atoms with van der Waals surface area (Å²) in [5.74, 6) is 2.09. The van der Waals surface area contributed by atoms with Crippen LogP contribution in [0.15, 0.2) is 48.5 Å². The first-order valence-corrected chi connectivity index (χ1v) is 9.01. The van der Waals surface area contributed by atoms with Crippen LogP contribution in [0.4, 0.5) is 0 Å². The number of hydrogen-bond donors (Lipinski definition) is 1. The average molecular weight is 369 g/mol. The summed E-state index contributed by atoms with van der Waals surface area (Å²) in [5, 5.41) is 2.86. The molecule has 0 aliphatic carbocycles. The first kappa shape index (κ1) is 18.8. The maximum Gasteiger partial charge on any atom is 0.220 e. The van der Waals surface area contributed by atoms with Crippen molar-refractivity contribution in [1.82, 2.24) is 5.32 Å². The Bertz CT molecular complexity index is 787. The van der Waals surface area contributed by atoms with Gasteiger partial charge in [0.25, 0.3) is 0 Å². The third-order valence-corrected chi connectivity index (χ3v) is 4.17. The van der Waals surface area contributed by atoms with E-state index in [9.17, 15) is 9.59 Å². The van der Waals surface area contributed by atoms with Crippen LogP contribution in [-0.4, -0.2) is 37.6 Å². The molecule has 0 aromatic heterocycles. The standard InChI is InChI=1S/C21H23NO5/c1-15(23)16-8-10-17(11-9-16)25-12-4-7-21(24)22-13-18-14-26-19-5-2-3-6-20(19)27-18/h2-3,5-6,8-11,18H,4,7,12-14H2,1H3,(H,22,24)/t18-/m1/s1. The number of Topliss-reactive ketones (excluding diaryl/α,β-unsaturated/α-hetero) is 1. The Hall–Kier alpha value is -3.02. The van der Waals surface area contributed by atoms with Gasteiger partial charge in [-0.2, -0.15) is 0 Å². The molecule has 6 heteroatoms. The summed E-state index contributed by atoms with van der Waals surface area (Å²) in [6, 6.07) is 14.5. The van der Waals surface area contributed by atoms with E-state index in [-0.39, 0.29) is 17.8 Å². The first-order chi connectivity index (χ1) is 13.1. The van der Waals surface area contributed by atoms with Gasteiger partial charge in [-0.3, -0.25) is 9.59 Å². The van der Waals surface area contributed by atoms with Gasteiger partial charge in [-0.1, -0.05) is 12.1 Å². The van der Waals surface area contributed by atoms with Crippen molar-refractivity contribution in [3.05, 3.63) is 54.1 Å². The predicted molar refractivity (Wildman–Crippen MR) is 101 cm³/mol. The maximum atomic E-state index is 12.0. The van der Waals surface area contributed by atoms with Gasteiger partial charge in [0.15, 0.2) is 17.3 Å². The highest BCUT2D eigenvalue weighted by Gasteiger charge is 2.20. The molecule has 0 bridgehead atoms. The fraction of sp³-hybridized carbons (Fsp3) is 0.333. The number of hydrogen-bond acceptors (Lipinski definition) is 5. The molecule has 1 atom stereocenters. The Balaban J connectivity index is 1.31. The zero-order valence-corrected chi connectivity index (χ0v) is 15.3. The summed E-state index contributed by atoms with van der Waals surface area (Å²) in [5.41, 5.74) is 0.651. The number of para-hydroxylation sites is 2. The van der Waals surface area contributed by atoms with Crippen LogP contribution in [0, 0.1) is 0 Å². The van der Waals surface area contributed by atoms with Gasteiger partial charge >= 0.3 is 0 Å². The van der Waals surface area contributed by atoms with Gasteiger partial charge in [-0.25, -0.2) is 0 Å². The van der Waals surface area contributed by atoms with Gasteiger partial charge in [-0.15, -0.1) is 0 Å². The number of carbonyl (C=O) groups is 2. The molecule has 0 spiro atoms. The lowest BCUT2D eigenvalue weighted by atomic mass is 10.1. The number of ketones is 1. The lowest BCUT2D eigenvalue weighted by Gasteiger charge is -2.26. The van der Waals surface area contributed by atoms with Crippen LogP contribution in [0.25, 0.3) is 0 Å². The third kappa shape index (κ3) is 5.48. The molecule has 1 N–H and O–H groups in total. The second kappa shape index (κ2) is 9.07. The van der Waals surface area contributed by atoms with E-state index in [1.165, 1.54) is 6.92 Å². The molecule has 0 fully saturated rings. The van der Waals surface area contributed by atoms with Crippen molar-refractivity contribution >= 4 is 11.7 Å². The highest BCUT2D eigenvalue weighted by molar-refractivity contribution is 5.94. The van der Waals surface area contributed by atoms with Crippen LogP contribution in [0.3, 0.4) is 0 Å². The Kier molecular flexibility index (Phi) is 6.30. The van der Waals surface area contributed by atoms with Crippen LogP contribution in [-0.2, 0) is 4.79 Å². The topological polar surface area (TPSA) is 73.9 Å². The first-order valence-electron chi connectivity index (χ1n) is 9.01. The smallest absolute Gasteiger partial charge is 0.220 e. The van der Waals surface area contributed by atoms with Gasteiger partial charge in [0.1, 0.15) is 18.5 Å². The molecule has 0 saturated heterocycles. The summed E-state index contributed by atoms with van der Waals surface area (Å²) < 4.78 is 17.0. The van der Waals surface area contributed by atoms with Crippen molar-refractivity contribution in [3.8, 4) is 17.2 Å². The fourth-order valence-electron chi connectivity index (χ4n) is 2.69. The van der Waals surface area contributed by atoms with Crippen LogP contribution in [0.2, 0.25) is 0 Å². The van der Waals surface area contributed by atoms with E-state index in [1.54, 1.807) is 24.3 Å². The van der Waals surface area contributed by atoms with Crippen LogP contribution in [0.5, 0.6) is 17.2 Å². The zero-order chi connectivity index (χ0) is 19.1. The van der Waals surface area contributed by atoms with Crippen LogP contribution >= 0.6 is 0 Å². The van der Waals surface area contributed by atoms with Crippen molar-refractivity contribution in [2.75, 3.05) is 19.8 Å². The molecule has 0 radical (unpaired) electrons. The molecule has 1 heterocycles. The summed E-state index contributed by atoms with van der Waals surface area (Å²) in [6.07, 6.45) is 0.779. The van der Waals surface area contributed by atoms with Gasteiger partial charge in [-0.05, 0) is 49.7 Å². The van der Waals surface area contributed by atoms with Crippen LogP contribution in [0.1, 0.15) is 30.1 Å². The van der Waals surface area contributed by atoms with Crippen molar-refractivity contribution in [2.24, 2.45) is 0 Å². The summed E-state index contributed by atoms with van der Waals surface area (Å²) in [4.78, 5) is 23.2. The molecule has 0 unspecified atom stereocenters. The molecule has 1 amide bonds. The Morgan fingerprint density at radius 3 is 2.59 bits per heavy atom. The number of carbonyl (C=O) groups excluding carboxylic acids is 2. The number of benzene rings is 2. The molecule has 1 aliphatic heterocycles. The second-order valence-corrected chi connectivity index (χ2v) is 6.33. The third-order valence-electron chi connectivity index (χ3n) is 4.17. The van der Waals surface area contributed by atoms with E-state index >= 15 is 0 Å². The molecule has 27 heavy (non-hydrogen) atoms. The fourth-order valence-corrected chi connectivity index (χ4v) is 2.69. The average Bonchev–Trinajstić information content (AvgIpc) is 2.70. The maximum absolute atomic E-state index is 12.0. The SMILES string of the molecule is CC(=O)c1ccc(OCCCC(=O)NC[C@@H]2COc3ccccc3O2)cc1. The molecular formula is C21H23NO5. The summed E-state index contributed by atoms with van der Waals surface area (Å²) >= 11 is 0. The quantitative estimate of drug-likeness (QED) is 0.572. The van der Waals surface area contributed by atoms with Gasteiger partial charge in [0.05, 0.1) is 13.2 Å². The molecule has 2 aromatic rings. The van der Waals surface area contributed by atoms with E-state index in [0.717, 1.165) is 5.75 Å². The van der Waals surface area contributed by atoms with E-state index in [1.807, 2.05) is 24.3 Å². The molecule has 1 aliphatic rings. The van der Waals surface area contributed by atoms with Crippen LogP contribution < -0.4 is 19.5 Å². The van der Waals surface area contributed by atoms with Crippen molar-refractivity contribution in [1.29, 1.82) is 0 Å². The zero-order valence-electron chi connectivity index (χ0n) is 15.3. The lowest BCUT2D eigenvalue weighted by Crippen LogP contribution is -2.40. The van der Waals surface area contributed by atoms with E-state index < -0.39 is 0 Å². The highest BCUT2D eigenvalue weighted by atomic mass is 16.6. The number of amides is 1. The Labute approximate surface area is 158 Å². The minimum atomic E-state index is -0.195. The monoisotopic (exact) mass is 369 g/mol. The second-order valence-electron chi connectivity index (χ2n) is 6.33. The minimum absolute atomic E-state index is 0.0223. The predicted octanol–water partition coefficient (Wildman–Crippen LogP) is 3.00. The Morgan fingerprint density at radius 1 is 1.11 bits per heavy atom. The highest BCUT2D eigenvalue weighted by Crippen LogP contribution is 2.30. The van der Waals surface area contributed by atoms with Crippen molar-refractivity contribution in [3.63, 3.8) is 0 Å². The molecule has 0 saturated carbocycles. The molecule has 2 aromatic carbocycles. The molecule has 142 valence electrons. The van der Waals surface area contributed by atoms with Crippen molar-refractivity contribution in [2.45, 2.75) is 25.9 Å². The molecule has 3 rings (SSSR count). The van der Waals surface area contributed by atoms with Gasteiger partial charge in [0.2, 0.25) is 5.91 Å². The lowest BCUT2D eigenvalue weighted by molar-refractivity contribution is -0.121.